The van der Waals surface area contributed by atoms with Crippen molar-refractivity contribution in [2.75, 3.05) is 0 Å². The summed E-state index contributed by atoms with van der Waals surface area (Å²) in [5.41, 5.74) is 4.59. The van der Waals surface area contributed by atoms with E-state index in [2.05, 4.69) is 0 Å². The molecule has 3 nitrogen and oxygen atoms in total. The van der Waals surface area contributed by atoms with Crippen molar-refractivity contribution in [2.24, 2.45) is 5.73 Å². The van der Waals surface area contributed by atoms with Crippen LogP contribution >= 0.6 is 0 Å². The summed E-state index contributed by atoms with van der Waals surface area (Å²) in [5, 5.41) is 8.90. The van der Waals surface area contributed by atoms with Gasteiger partial charge in [-0.1, -0.05) is 6.07 Å². The third-order valence-corrected chi connectivity index (χ3v) is 3.43. The molecular formula is C12H13F2NO2. The van der Waals surface area contributed by atoms with Gasteiger partial charge in [0.25, 0.3) is 0 Å². The first-order valence-corrected chi connectivity index (χ1v) is 5.33. The van der Waals surface area contributed by atoms with Gasteiger partial charge in [0, 0.05) is 11.0 Å². The van der Waals surface area contributed by atoms with Crippen molar-refractivity contribution in [3.05, 3.63) is 34.9 Å². The average molecular weight is 241 g/mol. The van der Waals surface area contributed by atoms with Crippen molar-refractivity contribution >= 4 is 5.97 Å². The van der Waals surface area contributed by atoms with Crippen LogP contribution in [0.15, 0.2) is 12.1 Å². The van der Waals surface area contributed by atoms with Gasteiger partial charge in [-0.15, -0.1) is 0 Å². The standard InChI is InChI=1S/C12H13F2NO2/c1-6-2-3-7(13)8(9(6)14)12(4-5-12)10(15)11(16)17/h2-3,10H,4-5,15H2,1H3,(H,16,17). The smallest absolute Gasteiger partial charge is 0.321 e. The van der Waals surface area contributed by atoms with Crippen LogP contribution in [0.1, 0.15) is 24.0 Å². The highest BCUT2D eigenvalue weighted by molar-refractivity contribution is 5.77. The molecule has 2 rings (SSSR count). The number of carbonyl (C=O) groups is 1. The van der Waals surface area contributed by atoms with Gasteiger partial charge in [-0.3, -0.25) is 4.79 Å². The summed E-state index contributed by atoms with van der Waals surface area (Å²) in [5.74, 6) is -2.63. The molecule has 1 unspecified atom stereocenters. The third kappa shape index (κ3) is 1.70. The number of hydrogen-bond acceptors (Lipinski definition) is 2. The quantitative estimate of drug-likeness (QED) is 0.846. The minimum Gasteiger partial charge on any atom is -0.480 e. The summed E-state index contributed by atoms with van der Waals surface area (Å²) >= 11 is 0. The second-order valence-electron chi connectivity index (χ2n) is 4.53. The lowest BCUT2D eigenvalue weighted by Gasteiger charge is -2.22. The fourth-order valence-corrected chi connectivity index (χ4v) is 2.20. The summed E-state index contributed by atoms with van der Waals surface area (Å²) in [4.78, 5) is 10.9. The molecule has 1 aromatic carbocycles. The molecule has 0 amide bonds. The van der Waals surface area contributed by atoms with Gasteiger partial charge < -0.3 is 10.8 Å². The van der Waals surface area contributed by atoms with Crippen LogP contribution in [0.2, 0.25) is 0 Å². The van der Waals surface area contributed by atoms with Crippen molar-refractivity contribution in [1.82, 2.24) is 0 Å². The van der Waals surface area contributed by atoms with Gasteiger partial charge in [0.05, 0.1) is 0 Å². The number of aryl methyl sites for hydroxylation is 1. The molecule has 3 N–H and O–H groups in total. The van der Waals surface area contributed by atoms with Crippen molar-refractivity contribution in [3.63, 3.8) is 0 Å². The molecule has 5 heteroatoms. The molecule has 1 aromatic rings. The molecule has 1 atom stereocenters. The Balaban J connectivity index is 2.55. The van der Waals surface area contributed by atoms with E-state index < -0.39 is 29.1 Å². The van der Waals surface area contributed by atoms with Gasteiger partial charge in [-0.05, 0) is 31.4 Å². The second-order valence-corrected chi connectivity index (χ2v) is 4.53. The maximum Gasteiger partial charge on any atom is 0.321 e. The van der Waals surface area contributed by atoms with Crippen LogP contribution in [-0.4, -0.2) is 17.1 Å². The summed E-state index contributed by atoms with van der Waals surface area (Å²) < 4.78 is 27.6. The summed E-state index contributed by atoms with van der Waals surface area (Å²) in [7, 11) is 0. The number of halogens is 2. The first-order valence-electron chi connectivity index (χ1n) is 5.33. The first-order chi connectivity index (χ1) is 7.90. The molecule has 0 heterocycles. The topological polar surface area (TPSA) is 63.3 Å². The normalized spacial score (nSPS) is 18.8. The highest BCUT2D eigenvalue weighted by Gasteiger charge is 2.55. The van der Waals surface area contributed by atoms with Crippen molar-refractivity contribution in [2.45, 2.75) is 31.2 Å². The van der Waals surface area contributed by atoms with Crippen molar-refractivity contribution in [1.29, 1.82) is 0 Å². The van der Waals surface area contributed by atoms with E-state index in [9.17, 15) is 13.6 Å². The van der Waals surface area contributed by atoms with Gasteiger partial charge >= 0.3 is 5.97 Å². The Kier molecular flexibility index (Phi) is 2.66. The third-order valence-electron chi connectivity index (χ3n) is 3.43. The fourth-order valence-electron chi connectivity index (χ4n) is 2.20. The number of carboxylic acid groups (broad SMARTS) is 1. The number of carboxylic acids is 1. The Labute approximate surface area is 97.2 Å². The van der Waals surface area contributed by atoms with Crippen LogP contribution in [0, 0.1) is 18.6 Å². The molecule has 0 aliphatic heterocycles. The molecule has 1 saturated carbocycles. The maximum absolute atomic E-state index is 13.9. The van der Waals surface area contributed by atoms with Gasteiger partial charge in [-0.25, -0.2) is 8.78 Å². The second kappa shape index (κ2) is 3.77. The van der Waals surface area contributed by atoms with E-state index in [4.69, 9.17) is 10.8 Å². The van der Waals surface area contributed by atoms with Crippen LogP contribution in [0.4, 0.5) is 8.78 Å². The predicted molar refractivity (Wildman–Crippen MR) is 57.6 cm³/mol. The first kappa shape index (κ1) is 12.0. The summed E-state index contributed by atoms with van der Waals surface area (Å²) in [6, 6.07) is 1.21. The highest BCUT2D eigenvalue weighted by atomic mass is 19.1. The molecule has 0 spiro atoms. The zero-order chi connectivity index (χ0) is 12.8. The van der Waals surface area contributed by atoms with E-state index in [0.29, 0.717) is 18.4 Å². The Hall–Kier alpha value is -1.49. The highest BCUT2D eigenvalue weighted by Crippen LogP contribution is 2.52. The molecule has 92 valence electrons. The van der Waals surface area contributed by atoms with E-state index in [1.807, 2.05) is 0 Å². The van der Waals surface area contributed by atoms with Crippen LogP contribution < -0.4 is 5.73 Å². The van der Waals surface area contributed by atoms with Gasteiger partial charge in [0.2, 0.25) is 0 Å². The van der Waals surface area contributed by atoms with E-state index in [1.165, 1.54) is 13.0 Å². The summed E-state index contributed by atoms with van der Waals surface area (Å²) in [6.07, 6.45) is 0.801. The molecule has 0 radical (unpaired) electrons. The zero-order valence-electron chi connectivity index (χ0n) is 9.34. The number of aliphatic carboxylic acids is 1. The lowest BCUT2D eigenvalue weighted by molar-refractivity contribution is -0.139. The number of rotatable bonds is 3. The van der Waals surface area contributed by atoms with Crippen LogP contribution in [0.25, 0.3) is 0 Å². The lowest BCUT2D eigenvalue weighted by Crippen LogP contribution is -2.43. The number of nitrogens with two attached hydrogens (primary N) is 1. The van der Waals surface area contributed by atoms with Gasteiger partial charge in [0.1, 0.15) is 17.7 Å². The van der Waals surface area contributed by atoms with Gasteiger partial charge in [0.15, 0.2) is 0 Å². The molecule has 1 aliphatic rings. The Morgan fingerprint density at radius 1 is 1.47 bits per heavy atom. The Morgan fingerprint density at radius 2 is 2.06 bits per heavy atom. The maximum atomic E-state index is 13.9. The van der Waals surface area contributed by atoms with Crippen LogP contribution in [-0.2, 0) is 10.2 Å². The zero-order valence-corrected chi connectivity index (χ0v) is 9.34. The Bertz CT molecular complexity index is 484. The predicted octanol–water partition coefficient (Wildman–Crippen LogP) is 1.72. The van der Waals surface area contributed by atoms with Crippen molar-refractivity contribution < 1.29 is 18.7 Å². The molecule has 0 saturated heterocycles. The molecular weight excluding hydrogens is 228 g/mol. The minimum atomic E-state index is -1.27. The summed E-state index contributed by atoms with van der Waals surface area (Å²) in [6.45, 7) is 1.51. The molecule has 0 bridgehead atoms. The minimum absolute atomic E-state index is 0.174. The molecule has 17 heavy (non-hydrogen) atoms. The molecule has 1 fully saturated rings. The van der Waals surface area contributed by atoms with E-state index in [1.54, 1.807) is 0 Å². The van der Waals surface area contributed by atoms with Crippen LogP contribution in [0.5, 0.6) is 0 Å². The SMILES string of the molecule is Cc1ccc(F)c(C2(C(N)C(=O)O)CC2)c1F. The van der Waals surface area contributed by atoms with E-state index in [-0.39, 0.29) is 5.56 Å². The van der Waals surface area contributed by atoms with E-state index >= 15 is 0 Å². The lowest BCUT2D eigenvalue weighted by atomic mass is 9.86. The number of benzene rings is 1. The van der Waals surface area contributed by atoms with E-state index in [0.717, 1.165) is 6.07 Å². The van der Waals surface area contributed by atoms with Crippen LogP contribution in [0.3, 0.4) is 0 Å². The average Bonchev–Trinajstić information content (AvgIpc) is 3.04. The number of hydrogen-bond donors (Lipinski definition) is 2. The largest absolute Gasteiger partial charge is 0.480 e. The monoisotopic (exact) mass is 241 g/mol. The Morgan fingerprint density at radius 3 is 2.53 bits per heavy atom. The fraction of sp³-hybridized carbons (Fsp3) is 0.417. The molecule has 0 aromatic heterocycles. The molecule has 1 aliphatic carbocycles. The van der Waals surface area contributed by atoms with Gasteiger partial charge in [-0.2, -0.15) is 0 Å². The van der Waals surface area contributed by atoms with Crippen molar-refractivity contribution in [3.8, 4) is 0 Å².